The van der Waals surface area contributed by atoms with E-state index >= 15 is 0 Å². The van der Waals surface area contributed by atoms with E-state index in [1.807, 2.05) is 29.2 Å². The highest BCUT2D eigenvalue weighted by molar-refractivity contribution is 14.0. The van der Waals surface area contributed by atoms with Crippen molar-refractivity contribution in [3.63, 3.8) is 0 Å². The van der Waals surface area contributed by atoms with Crippen molar-refractivity contribution in [2.24, 2.45) is 10.7 Å². The molecule has 0 bridgehead atoms. The Balaban J connectivity index is 0.00000225. The summed E-state index contributed by atoms with van der Waals surface area (Å²) >= 11 is 0. The number of anilines is 2. The van der Waals surface area contributed by atoms with Gasteiger partial charge in [-0.1, -0.05) is 24.3 Å². The third-order valence-corrected chi connectivity index (χ3v) is 5.39. The van der Waals surface area contributed by atoms with Crippen LogP contribution in [0, 0.1) is 0 Å². The molecule has 0 saturated carbocycles. The van der Waals surface area contributed by atoms with Crippen LogP contribution in [0.1, 0.15) is 42.4 Å². The molecule has 1 fully saturated rings. The van der Waals surface area contributed by atoms with Crippen molar-refractivity contribution in [2.75, 3.05) is 16.8 Å². The minimum Gasteiger partial charge on any atom is -0.370 e. The second kappa shape index (κ2) is 9.41. The van der Waals surface area contributed by atoms with E-state index in [0.29, 0.717) is 18.9 Å². The summed E-state index contributed by atoms with van der Waals surface area (Å²) < 4.78 is 0. The predicted molar refractivity (Wildman–Crippen MR) is 125 cm³/mol. The van der Waals surface area contributed by atoms with E-state index in [1.54, 1.807) is 0 Å². The second-order valence-electron chi connectivity index (χ2n) is 7.30. The number of aliphatic imine (C=N–C) groups is 1. The topological polar surface area (TPSA) is 70.7 Å². The number of nitrogens with zero attached hydrogens (tertiary/aromatic N) is 2. The summed E-state index contributed by atoms with van der Waals surface area (Å²) in [7, 11) is 0. The van der Waals surface area contributed by atoms with Crippen LogP contribution in [0.3, 0.4) is 0 Å². The molecule has 2 aliphatic rings. The smallest absolute Gasteiger partial charge is 0.227 e. The highest BCUT2D eigenvalue weighted by atomic mass is 127. The Hall–Kier alpha value is -2.09. The van der Waals surface area contributed by atoms with Crippen LogP contribution in [0.2, 0.25) is 0 Å². The van der Waals surface area contributed by atoms with Gasteiger partial charge in [0.1, 0.15) is 0 Å². The number of carbonyl (C=O) groups excluding carboxylic acids is 1. The van der Waals surface area contributed by atoms with Gasteiger partial charge in [0.25, 0.3) is 0 Å². The maximum atomic E-state index is 11.9. The number of rotatable bonds is 4. The molecule has 0 spiro atoms. The highest BCUT2D eigenvalue weighted by Gasteiger charge is 2.21. The van der Waals surface area contributed by atoms with E-state index in [2.05, 4.69) is 28.5 Å². The number of carbonyl (C=O) groups is 1. The van der Waals surface area contributed by atoms with Crippen molar-refractivity contribution < 1.29 is 4.79 Å². The second-order valence-corrected chi connectivity index (χ2v) is 7.30. The molecular formula is C22H27IN4O. The number of benzene rings is 2. The molecular weight excluding hydrogens is 463 g/mol. The molecule has 0 atom stereocenters. The molecule has 2 aromatic carbocycles. The van der Waals surface area contributed by atoms with Crippen molar-refractivity contribution in [3.8, 4) is 0 Å². The zero-order valence-electron chi connectivity index (χ0n) is 16.0. The van der Waals surface area contributed by atoms with Gasteiger partial charge in [-0.25, -0.2) is 4.99 Å². The SMILES string of the molecule is I.NC(=NCc1cccc(N2CCCC2=O)c1)Nc1cccc2c1CCCC2. The number of hydrogen-bond acceptors (Lipinski definition) is 2. The number of guanidine groups is 1. The first-order valence-corrected chi connectivity index (χ1v) is 9.78. The predicted octanol–water partition coefficient (Wildman–Crippen LogP) is 4.24. The quantitative estimate of drug-likeness (QED) is 0.383. The number of nitrogens with two attached hydrogens (primary N) is 1. The van der Waals surface area contributed by atoms with Crippen molar-refractivity contribution in [2.45, 2.75) is 45.1 Å². The van der Waals surface area contributed by atoms with E-state index in [9.17, 15) is 4.79 Å². The van der Waals surface area contributed by atoms with E-state index < -0.39 is 0 Å². The zero-order valence-corrected chi connectivity index (χ0v) is 18.3. The largest absolute Gasteiger partial charge is 0.370 e. The molecule has 5 nitrogen and oxygen atoms in total. The number of nitrogens with one attached hydrogen (secondary N) is 1. The molecule has 0 radical (unpaired) electrons. The molecule has 1 aliphatic carbocycles. The monoisotopic (exact) mass is 490 g/mol. The summed E-state index contributed by atoms with van der Waals surface area (Å²) in [6.45, 7) is 1.29. The molecule has 0 unspecified atom stereocenters. The fourth-order valence-electron chi connectivity index (χ4n) is 4.00. The van der Waals surface area contributed by atoms with Crippen molar-refractivity contribution in [1.82, 2.24) is 0 Å². The van der Waals surface area contributed by atoms with Gasteiger partial charge in [0.15, 0.2) is 5.96 Å². The summed E-state index contributed by atoms with van der Waals surface area (Å²) in [6, 6.07) is 14.4. The Morgan fingerprint density at radius 3 is 2.71 bits per heavy atom. The lowest BCUT2D eigenvalue weighted by atomic mass is 9.90. The van der Waals surface area contributed by atoms with Crippen LogP contribution in [0.4, 0.5) is 11.4 Å². The Labute approximate surface area is 183 Å². The third kappa shape index (κ3) is 4.66. The van der Waals surface area contributed by atoms with Crippen LogP contribution in [0.15, 0.2) is 47.5 Å². The summed E-state index contributed by atoms with van der Waals surface area (Å²) in [5.41, 5.74) is 12.0. The average Bonchev–Trinajstić information content (AvgIpc) is 3.13. The first-order chi connectivity index (χ1) is 13.2. The number of halogens is 1. The molecule has 1 aliphatic heterocycles. The summed E-state index contributed by atoms with van der Waals surface area (Å²) in [6.07, 6.45) is 6.29. The Morgan fingerprint density at radius 2 is 1.89 bits per heavy atom. The van der Waals surface area contributed by atoms with Crippen molar-refractivity contribution >= 4 is 47.2 Å². The van der Waals surface area contributed by atoms with Gasteiger partial charge in [0.05, 0.1) is 6.54 Å². The summed E-state index contributed by atoms with van der Waals surface area (Å²) in [5, 5.41) is 3.28. The van der Waals surface area contributed by atoms with Gasteiger partial charge in [-0.2, -0.15) is 0 Å². The minimum absolute atomic E-state index is 0. The van der Waals surface area contributed by atoms with Crippen molar-refractivity contribution in [3.05, 3.63) is 59.2 Å². The van der Waals surface area contributed by atoms with Crippen LogP contribution in [0.5, 0.6) is 0 Å². The van der Waals surface area contributed by atoms with E-state index in [0.717, 1.165) is 42.7 Å². The molecule has 1 saturated heterocycles. The van der Waals surface area contributed by atoms with Gasteiger partial charge in [0, 0.05) is 24.3 Å². The highest BCUT2D eigenvalue weighted by Crippen LogP contribution is 2.28. The van der Waals surface area contributed by atoms with Gasteiger partial charge in [-0.15, -0.1) is 24.0 Å². The maximum absolute atomic E-state index is 11.9. The zero-order chi connectivity index (χ0) is 18.6. The first-order valence-electron chi connectivity index (χ1n) is 9.78. The van der Waals surface area contributed by atoms with Gasteiger partial charge in [-0.3, -0.25) is 4.79 Å². The van der Waals surface area contributed by atoms with E-state index in [-0.39, 0.29) is 29.9 Å². The number of amides is 1. The van der Waals surface area contributed by atoms with Gasteiger partial charge in [0.2, 0.25) is 5.91 Å². The standard InChI is InChI=1S/C22H26N4O.HI/c23-22(25-20-11-4-8-17-7-1-2-10-19(17)20)24-15-16-6-3-9-18(14-16)26-13-5-12-21(26)27;/h3-4,6,8-9,11,14H,1-2,5,7,10,12-13,15H2,(H3,23,24,25);1H. The molecule has 3 N–H and O–H groups in total. The number of fused-ring (bicyclic) bond motifs is 1. The Morgan fingerprint density at radius 1 is 1.07 bits per heavy atom. The van der Waals surface area contributed by atoms with Gasteiger partial charge in [-0.05, 0) is 67.0 Å². The fourth-order valence-corrected chi connectivity index (χ4v) is 4.00. The number of aryl methyl sites for hydroxylation is 1. The molecule has 0 aromatic heterocycles. The molecule has 1 amide bonds. The third-order valence-electron chi connectivity index (χ3n) is 5.39. The molecule has 2 aromatic rings. The molecule has 1 heterocycles. The van der Waals surface area contributed by atoms with E-state index in [1.165, 1.54) is 24.0 Å². The summed E-state index contributed by atoms with van der Waals surface area (Å²) in [5.74, 6) is 0.627. The van der Waals surface area contributed by atoms with Crippen LogP contribution in [-0.2, 0) is 24.2 Å². The van der Waals surface area contributed by atoms with Gasteiger partial charge >= 0.3 is 0 Å². The maximum Gasteiger partial charge on any atom is 0.227 e. The normalized spacial score (nSPS) is 16.5. The van der Waals surface area contributed by atoms with Crippen LogP contribution in [-0.4, -0.2) is 18.4 Å². The van der Waals surface area contributed by atoms with Gasteiger partial charge < -0.3 is 16.0 Å². The average molecular weight is 490 g/mol. The van der Waals surface area contributed by atoms with Crippen LogP contribution < -0.4 is 16.0 Å². The minimum atomic E-state index is 0. The molecule has 4 rings (SSSR count). The lowest BCUT2D eigenvalue weighted by Crippen LogP contribution is -2.24. The molecule has 28 heavy (non-hydrogen) atoms. The lowest BCUT2D eigenvalue weighted by Gasteiger charge is -2.20. The van der Waals surface area contributed by atoms with Crippen molar-refractivity contribution in [1.29, 1.82) is 0 Å². The first kappa shape index (κ1) is 20.6. The summed E-state index contributed by atoms with van der Waals surface area (Å²) in [4.78, 5) is 18.3. The van der Waals surface area contributed by atoms with E-state index in [4.69, 9.17) is 5.73 Å². The molecule has 6 heteroatoms. The lowest BCUT2D eigenvalue weighted by molar-refractivity contribution is -0.117. The number of hydrogen-bond donors (Lipinski definition) is 2. The molecule has 148 valence electrons. The van der Waals surface area contributed by atoms with Crippen LogP contribution in [0.25, 0.3) is 0 Å². The fraction of sp³-hybridized carbons (Fsp3) is 0.364. The Kier molecular flexibility index (Phi) is 6.93. The van der Waals surface area contributed by atoms with Crippen LogP contribution >= 0.6 is 24.0 Å². The Bertz CT molecular complexity index is 881.